The van der Waals surface area contributed by atoms with Crippen molar-refractivity contribution in [2.75, 3.05) is 18.0 Å². The minimum atomic E-state index is -0.180. The number of aryl methyl sites for hydroxylation is 1. The molecule has 0 aliphatic carbocycles. The van der Waals surface area contributed by atoms with Crippen LogP contribution in [0.3, 0.4) is 0 Å². The minimum Gasteiger partial charge on any atom is -0.344 e. The van der Waals surface area contributed by atoms with E-state index in [-0.39, 0.29) is 11.9 Å². The third-order valence-electron chi connectivity index (χ3n) is 3.77. The van der Waals surface area contributed by atoms with Gasteiger partial charge in [-0.2, -0.15) is 0 Å². The number of aromatic nitrogens is 2. The molecule has 1 unspecified atom stereocenters. The number of carbonyl (C=O) groups is 1. The Morgan fingerprint density at radius 3 is 2.43 bits per heavy atom. The van der Waals surface area contributed by atoms with Gasteiger partial charge in [0.05, 0.1) is 6.04 Å². The lowest BCUT2D eigenvalue weighted by molar-refractivity contribution is 0.0934. The van der Waals surface area contributed by atoms with Gasteiger partial charge in [0.1, 0.15) is 5.69 Å². The van der Waals surface area contributed by atoms with Gasteiger partial charge in [-0.3, -0.25) is 4.79 Å². The fourth-order valence-corrected chi connectivity index (χ4v) is 2.41. The lowest BCUT2D eigenvalue weighted by Gasteiger charge is -2.20. The molecule has 1 atom stereocenters. The van der Waals surface area contributed by atoms with Crippen molar-refractivity contribution in [1.82, 2.24) is 15.3 Å². The monoisotopic (exact) mass is 312 g/mol. The molecule has 23 heavy (non-hydrogen) atoms. The van der Waals surface area contributed by atoms with Crippen LogP contribution in [-0.2, 0) is 0 Å². The molecule has 1 amide bonds. The average molecular weight is 312 g/mol. The van der Waals surface area contributed by atoms with Crippen LogP contribution in [0, 0.1) is 6.92 Å². The van der Waals surface area contributed by atoms with Crippen molar-refractivity contribution in [2.45, 2.75) is 33.7 Å². The first-order valence-corrected chi connectivity index (χ1v) is 8.01. The molecular formula is C18H24N4O. The normalized spacial score (nSPS) is 11.8. The predicted molar refractivity (Wildman–Crippen MR) is 92.7 cm³/mol. The van der Waals surface area contributed by atoms with E-state index in [1.807, 2.05) is 62.9 Å². The van der Waals surface area contributed by atoms with E-state index in [0.29, 0.717) is 11.6 Å². The van der Waals surface area contributed by atoms with Crippen LogP contribution < -0.4 is 10.2 Å². The van der Waals surface area contributed by atoms with Crippen molar-refractivity contribution in [3.05, 3.63) is 53.3 Å². The van der Waals surface area contributed by atoms with E-state index >= 15 is 0 Å². The molecule has 0 bridgehead atoms. The summed E-state index contributed by atoms with van der Waals surface area (Å²) in [4.78, 5) is 23.4. The quantitative estimate of drug-likeness (QED) is 0.890. The summed E-state index contributed by atoms with van der Waals surface area (Å²) >= 11 is 0. The molecule has 2 aromatic rings. The molecule has 0 radical (unpaired) electrons. The Morgan fingerprint density at radius 2 is 1.83 bits per heavy atom. The molecule has 1 aromatic heterocycles. The summed E-state index contributed by atoms with van der Waals surface area (Å²) in [6, 6.07) is 11.5. The summed E-state index contributed by atoms with van der Waals surface area (Å²) < 4.78 is 0. The highest BCUT2D eigenvalue weighted by Crippen LogP contribution is 2.14. The maximum absolute atomic E-state index is 12.5. The maximum atomic E-state index is 12.5. The van der Waals surface area contributed by atoms with Gasteiger partial charge in [0.2, 0.25) is 5.95 Å². The van der Waals surface area contributed by atoms with Crippen LogP contribution in [0.2, 0.25) is 0 Å². The molecule has 0 fully saturated rings. The van der Waals surface area contributed by atoms with Gasteiger partial charge >= 0.3 is 0 Å². The lowest BCUT2D eigenvalue weighted by Crippen LogP contribution is -2.30. The highest BCUT2D eigenvalue weighted by Gasteiger charge is 2.16. The zero-order chi connectivity index (χ0) is 16.8. The van der Waals surface area contributed by atoms with E-state index in [0.717, 1.165) is 24.3 Å². The largest absolute Gasteiger partial charge is 0.344 e. The minimum absolute atomic E-state index is 0.0733. The van der Waals surface area contributed by atoms with Crippen molar-refractivity contribution in [3.8, 4) is 0 Å². The van der Waals surface area contributed by atoms with Gasteiger partial charge in [-0.1, -0.05) is 30.3 Å². The van der Waals surface area contributed by atoms with E-state index in [9.17, 15) is 4.79 Å². The van der Waals surface area contributed by atoms with Gasteiger partial charge in [-0.15, -0.1) is 0 Å². The maximum Gasteiger partial charge on any atom is 0.270 e. The van der Waals surface area contributed by atoms with Crippen LogP contribution in [0.15, 0.2) is 36.4 Å². The van der Waals surface area contributed by atoms with Crippen molar-refractivity contribution < 1.29 is 4.79 Å². The van der Waals surface area contributed by atoms with Gasteiger partial charge in [-0.25, -0.2) is 9.97 Å². The van der Waals surface area contributed by atoms with Crippen molar-refractivity contribution in [1.29, 1.82) is 0 Å². The SMILES string of the molecule is CCN(CC)c1nc(C)cc(C(=O)NC(C)c2ccccc2)n1. The second-order valence-electron chi connectivity index (χ2n) is 5.47. The number of hydrogen-bond donors (Lipinski definition) is 1. The third-order valence-corrected chi connectivity index (χ3v) is 3.77. The van der Waals surface area contributed by atoms with Crippen molar-refractivity contribution >= 4 is 11.9 Å². The molecule has 0 aliphatic rings. The molecule has 5 heteroatoms. The van der Waals surface area contributed by atoms with Gasteiger partial charge in [0.25, 0.3) is 5.91 Å². The fourth-order valence-electron chi connectivity index (χ4n) is 2.41. The van der Waals surface area contributed by atoms with Crippen LogP contribution in [0.4, 0.5) is 5.95 Å². The molecule has 0 aliphatic heterocycles. The third kappa shape index (κ3) is 4.28. The molecule has 2 rings (SSSR count). The van der Waals surface area contributed by atoms with Crippen LogP contribution >= 0.6 is 0 Å². The zero-order valence-corrected chi connectivity index (χ0v) is 14.2. The second kappa shape index (κ2) is 7.72. The van der Waals surface area contributed by atoms with E-state index < -0.39 is 0 Å². The number of nitrogens with zero attached hydrogens (tertiary/aromatic N) is 3. The molecule has 1 heterocycles. The summed E-state index contributed by atoms with van der Waals surface area (Å²) in [6.07, 6.45) is 0. The number of benzene rings is 1. The summed E-state index contributed by atoms with van der Waals surface area (Å²) in [5.74, 6) is 0.424. The Balaban J connectivity index is 2.19. The van der Waals surface area contributed by atoms with Gasteiger partial charge in [-0.05, 0) is 39.3 Å². The molecule has 0 saturated carbocycles. The number of rotatable bonds is 6. The predicted octanol–water partition coefficient (Wildman–Crippen LogP) is 3.12. The van der Waals surface area contributed by atoms with Crippen LogP contribution in [-0.4, -0.2) is 29.0 Å². The van der Waals surface area contributed by atoms with Crippen LogP contribution in [0.25, 0.3) is 0 Å². The molecule has 5 nitrogen and oxygen atoms in total. The Hall–Kier alpha value is -2.43. The van der Waals surface area contributed by atoms with Crippen LogP contribution in [0.1, 0.15) is 48.6 Å². The zero-order valence-electron chi connectivity index (χ0n) is 14.2. The molecule has 0 spiro atoms. The Bertz CT molecular complexity index is 653. The lowest BCUT2D eigenvalue weighted by atomic mass is 10.1. The van der Waals surface area contributed by atoms with Gasteiger partial charge < -0.3 is 10.2 Å². The summed E-state index contributed by atoms with van der Waals surface area (Å²) in [5, 5.41) is 2.99. The highest BCUT2D eigenvalue weighted by molar-refractivity contribution is 5.92. The topological polar surface area (TPSA) is 58.1 Å². The first-order valence-electron chi connectivity index (χ1n) is 8.01. The van der Waals surface area contributed by atoms with E-state index in [1.165, 1.54) is 0 Å². The summed E-state index contributed by atoms with van der Waals surface area (Å²) in [5.41, 5.74) is 2.26. The van der Waals surface area contributed by atoms with E-state index in [2.05, 4.69) is 15.3 Å². The molecule has 1 aromatic carbocycles. The molecule has 122 valence electrons. The average Bonchev–Trinajstić information content (AvgIpc) is 2.56. The first-order chi connectivity index (χ1) is 11.0. The standard InChI is InChI=1S/C18H24N4O/c1-5-22(6-2)18-19-13(3)12-16(21-18)17(23)20-14(4)15-10-8-7-9-11-15/h7-12,14H,5-6H2,1-4H3,(H,20,23). The first kappa shape index (κ1) is 16.9. The number of anilines is 1. The van der Waals surface area contributed by atoms with E-state index in [1.54, 1.807) is 6.07 Å². The van der Waals surface area contributed by atoms with Gasteiger partial charge in [0.15, 0.2) is 0 Å². The Labute approximate surface area is 137 Å². The number of nitrogens with one attached hydrogen (secondary N) is 1. The fraction of sp³-hybridized carbons (Fsp3) is 0.389. The van der Waals surface area contributed by atoms with E-state index in [4.69, 9.17) is 0 Å². The van der Waals surface area contributed by atoms with Crippen molar-refractivity contribution in [3.63, 3.8) is 0 Å². The van der Waals surface area contributed by atoms with Crippen LogP contribution in [0.5, 0.6) is 0 Å². The van der Waals surface area contributed by atoms with Gasteiger partial charge in [0, 0.05) is 18.8 Å². The summed E-state index contributed by atoms with van der Waals surface area (Å²) in [7, 11) is 0. The Kier molecular flexibility index (Phi) is 5.68. The summed E-state index contributed by atoms with van der Waals surface area (Å²) in [6.45, 7) is 9.56. The smallest absolute Gasteiger partial charge is 0.270 e. The molecule has 0 saturated heterocycles. The highest BCUT2D eigenvalue weighted by atomic mass is 16.1. The molecule has 1 N–H and O–H groups in total. The Morgan fingerprint density at radius 1 is 1.17 bits per heavy atom. The number of hydrogen-bond acceptors (Lipinski definition) is 4. The number of amides is 1. The van der Waals surface area contributed by atoms with Crippen molar-refractivity contribution in [2.24, 2.45) is 0 Å². The number of carbonyl (C=O) groups excluding carboxylic acids is 1. The second-order valence-corrected chi connectivity index (χ2v) is 5.47. The molecular weight excluding hydrogens is 288 g/mol.